The van der Waals surface area contributed by atoms with Crippen LogP contribution in [0.3, 0.4) is 0 Å². The van der Waals surface area contributed by atoms with Gasteiger partial charge in [0.05, 0.1) is 0 Å². The molecule has 0 saturated carbocycles. The van der Waals surface area contributed by atoms with Crippen molar-refractivity contribution in [2.75, 3.05) is 0 Å². The maximum absolute atomic E-state index is 13.3. The van der Waals surface area contributed by atoms with Crippen LogP contribution in [0.15, 0.2) is 35.4 Å². The van der Waals surface area contributed by atoms with Crippen LogP contribution in [0.25, 0.3) is 0 Å². The number of hydrogen-bond acceptors (Lipinski definition) is 3. The molecule has 2 rings (SSSR count). The summed E-state index contributed by atoms with van der Waals surface area (Å²) in [6, 6.07) is 9.00. The number of benzene rings is 1. The third kappa shape index (κ3) is 3.95. The normalized spacial score (nSPS) is 21.0. The second-order valence-electron chi connectivity index (χ2n) is 5.95. The second kappa shape index (κ2) is 7.34. The molecule has 0 aromatic heterocycles. The Kier molecular flexibility index (Phi) is 5.64. The molecule has 0 aliphatic carbocycles. The average Bonchev–Trinajstić information content (AvgIpc) is 2.90. The zero-order valence-electron chi connectivity index (χ0n) is 13.5. The number of nitrogens with zero attached hydrogens (tertiary/aromatic N) is 2. The van der Waals surface area contributed by atoms with Crippen LogP contribution in [-0.2, 0) is 11.2 Å². The molecule has 0 saturated heterocycles. The van der Waals surface area contributed by atoms with Crippen molar-refractivity contribution in [3.8, 4) is 0 Å². The SMILES string of the molecule is CCCCC1=NN(C(=O)CCc2ccccc2)[C@](O)(C(F)(F)F)C1. The van der Waals surface area contributed by atoms with Gasteiger partial charge < -0.3 is 5.11 Å². The monoisotopic (exact) mass is 342 g/mol. The molecule has 1 amide bonds. The van der Waals surface area contributed by atoms with Gasteiger partial charge in [0, 0.05) is 18.6 Å². The lowest BCUT2D eigenvalue weighted by Gasteiger charge is -2.32. The minimum Gasteiger partial charge on any atom is -0.362 e. The summed E-state index contributed by atoms with van der Waals surface area (Å²) in [4.78, 5) is 12.3. The van der Waals surface area contributed by atoms with Crippen molar-refractivity contribution in [3.05, 3.63) is 35.9 Å². The fraction of sp³-hybridized carbons (Fsp3) is 0.529. The van der Waals surface area contributed by atoms with Crippen LogP contribution in [0.2, 0.25) is 0 Å². The summed E-state index contributed by atoms with van der Waals surface area (Å²) in [5.74, 6) is -0.829. The number of carbonyl (C=O) groups excluding carboxylic acids is 1. The van der Waals surface area contributed by atoms with Gasteiger partial charge in [-0.3, -0.25) is 4.79 Å². The smallest absolute Gasteiger partial charge is 0.362 e. The van der Waals surface area contributed by atoms with Crippen molar-refractivity contribution >= 4 is 11.6 Å². The Balaban J connectivity index is 2.12. The van der Waals surface area contributed by atoms with E-state index in [4.69, 9.17) is 0 Å². The van der Waals surface area contributed by atoms with Gasteiger partial charge in [0.2, 0.25) is 5.91 Å². The highest BCUT2D eigenvalue weighted by atomic mass is 19.4. The van der Waals surface area contributed by atoms with E-state index < -0.39 is 24.2 Å². The van der Waals surface area contributed by atoms with E-state index >= 15 is 0 Å². The quantitative estimate of drug-likeness (QED) is 0.858. The molecule has 1 aromatic carbocycles. The van der Waals surface area contributed by atoms with Gasteiger partial charge in [-0.05, 0) is 24.8 Å². The van der Waals surface area contributed by atoms with E-state index in [1.54, 1.807) is 24.3 Å². The molecule has 1 atom stereocenters. The highest BCUT2D eigenvalue weighted by molar-refractivity contribution is 5.90. The lowest BCUT2D eigenvalue weighted by atomic mass is 10.0. The van der Waals surface area contributed by atoms with Crippen molar-refractivity contribution < 1.29 is 23.1 Å². The highest BCUT2D eigenvalue weighted by Gasteiger charge is 2.62. The van der Waals surface area contributed by atoms with E-state index in [9.17, 15) is 23.1 Å². The van der Waals surface area contributed by atoms with Crippen molar-refractivity contribution in [1.82, 2.24) is 5.01 Å². The first kappa shape index (κ1) is 18.4. The number of aryl methyl sites for hydroxylation is 1. The Morgan fingerprint density at radius 1 is 1.29 bits per heavy atom. The van der Waals surface area contributed by atoms with Crippen LogP contribution >= 0.6 is 0 Å². The van der Waals surface area contributed by atoms with Gasteiger partial charge in [0.25, 0.3) is 5.72 Å². The van der Waals surface area contributed by atoms with Crippen molar-refractivity contribution in [2.24, 2.45) is 5.10 Å². The van der Waals surface area contributed by atoms with Crippen LogP contribution in [-0.4, -0.2) is 33.6 Å². The number of halogens is 3. The standard InChI is InChI=1S/C17H21F3N2O2/c1-2-3-9-14-12-16(24,17(18,19)20)22(21-14)15(23)11-10-13-7-5-4-6-8-13/h4-8,24H,2-3,9-12H2,1H3/t16-/m1/s1. The van der Waals surface area contributed by atoms with E-state index in [2.05, 4.69) is 5.10 Å². The molecule has 0 spiro atoms. The van der Waals surface area contributed by atoms with Gasteiger partial charge in [0.1, 0.15) is 0 Å². The van der Waals surface area contributed by atoms with Gasteiger partial charge in [-0.2, -0.15) is 23.3 Å². The molecular weight excluding hydrogens is 321 g/mol. The van der Waals surface area contributed by atoms with E-state index in [1.807, 2.05) is 13.0 Å². The molecule has 1 aliphatic rings. The number of rotatable bonds is 6. The summed E-state index contributed by atoms with van der Waals surface area (Å²) in [6.45, 7) is 1.91. The molecule has 0 bridgehead atoms. The second-order valence-corrected chi connectivity index (χ2v) is 5.95. The average molecular weight is 342 g/mol. The molecule has 0 unspecified atom stereocenters. The first-order chi connectivity index (χ1) is 11.3. The maximum Gasteiger partial charge on any atom is 0.438 e. The molecule has 1 heterocycles. The summed E-state index contributed by atoms with van der Waals surface area (Å²) in [5, 5.41) is 14.1. The summed E-state index contributed by atoms with van der Waals surface area (Å²) >= 11 is 0. The largest absolute Gasteiger partial charge is 0.438 e. The topological polar surface area (TPSA) is 52.9 Å². The fourth-order valence-corrected chi connectivity index (χ4v) is 2.62. The van der Waals surface area contributed by atoms with Gasteiger partial charge in [-0.15, -0.1) is 0 Å². The van der Waals surface area contributed by atoms with Gasteiger partial charge >= 0.3 is 6.18 Å². The Hall–Kier alpha value is -1.89. The number of aliphatic hydroxyl groups is 1. The predicted molar refractivity (Wildman–Crippen MR) is 84.2 cm³/mol. The zero-order valence-corrected chi connectivity index (χ0v) is 13.5. The molecule has 1 aromatic rings. The van der Waals surface area contributed by atoms with Crippen LogP contribution in [0, 0.1) is 0 Å². The third-order valence-corrected chi connectivity index (χ3v) is 4.02. The summed E-state index contributed by atoms with van der Waals surface area (Å²) in [5.41, 5.74) is -2.18. The molecule has 132 valence electrons. The first-order valence-electron chi connectivity index (χ1n) is 8.00. The summed E-state index contributed by atoms with van der Waals surface area (Å²) in [6.07, 6.45) is -3.67. The number of carbonyl (C=O) groups is 1. The lowest BCUT2D eigenvalue weighted by molar-refractivity contribution is -0.302. The fourth-order valence-electron chi connectivity index (χ4n) is 2.62. The van der Waals surface area contributed by atoms with E-state index in [0.717, 1.165) is 12.0 Å². The van der Waals surface area contributed by atoms with E-state index in [0.29, 0.717) is 19.3 Å². The predicted octanol–water partition coefficient (Wildman–Crippen LogP) is 3.65. The number of hydrogen-bond donors (Lipinski definition) is 1. The Bertz CT molecular complexity index is 602. The van der Waals surface area contributed by atoms with Crippen molar-refractivity contribution in [1.29, 1.82) is 0 Å². The van der Waals surface area contributed by atoms with E-state index in [-0.39, 0.29) is 17.1 Å². The van der Waals surface area contributed by atoms with Gasteiger partial charge in [-0.1, -0.05) is 43.7 Å². The molecule has 1 N–H and O–H groups in total. The number of amides is 1. The molecular formula is C17H21F3N2O2. The van der Waals surface area contributed by atoms with Gasteiger partial charge in [-0.25, -0.2) is 0 Å². The minimum absolute atomic E-state index is 0.146. The molecule has 24 heavy (non-hydrogen) atoms. The number of unbranched alkanes of at least 4 members (excludes halogenated alkanes) is 1. The third-order valence-electron chi connectivity index (χ3n) is 4.02. The van der Waals surface area contributed by atoms with Gasteiger partial charge in [0.15, 0.2) is 0 Å². The zero-order chi connectivity index (χ0) is 17.8. The Labute approximate surface area is 139 Å². The molecule has 4 nitrogen and oxygen atoms in total. The summed E-state index contributed by atoms with van der Waals surface area (Å²) < 4.78 is 39.9. The molecule has 1 aliphatic heterocycles. The van der Waals surface area contributed by atoms with E-state index in [1.165, 1.54) is 0 Å². The maximum atomic E-state index is 13.3. The summed E-state index contributed by atoms with van der Waals surface area (Å²) in [7, 11) is 0. The van der Waals surface area contributed by atoms with Crippen LogP contribution in [0.1, 0.15) is 44.6 Å². The Morgan fingerprint density at radius 3 is 2.54 bits per heavy atom. The van der Waals surface area contributed by atoms with Crippen molar-refractivity contribution in [2.45, 2.75) is 57.3 Å². The molecule has 0 fully saturated rings. The number of alkyl halides is 3. The van der Waals surface area contributed by atoms with Crippen molar-refractivity contribution in [3.63, 3.8) is 0 Å². The minimum atomic E-state index is -4.95. The lowest BCUT2D eigenvalue weighted by Crippen LogP contribution is -2.56. The first-order valence-corrected chi connectivity index (χ1v) is 8.00. The number of hydrazone groups is 1. The van der Waals surface area contributed by atoms with Crippen LogP contribution < -0.4 is 0 Å². The van der Waals surface area contributed by atoms with Crippen LogP contribution in [0.5, 0.6) is 0 Å². The Morgan fingerprint density at radius 2 is 1.96 bits per heavy atom. The molecule has 0 radical (unpaired) electrons. The molecule has 7 heteroatoms. The van der Waals surface area contributed by atoms with Crippen LogP contribution in [0.4, 0.5) is 13.2 Å². The highest BCUT2D eigenvalue weighted by Crippen LogP contribution is 2.41.